The Bertz CT molecular complexity index is 797. The van der Waals surface area contributed by atoms with E-state index in [2.05, 4.69) is 26.3 Å². The van der Waals surface area contributed by atoms with Gasteiger partial charge in [-0.05, 0) is 31.0 Å². The summed E-state index contributed by atoms with van der Waals surface area (Å²) in [5.41, 5.74) is 3.22. The van der Waals surface area contributed by atoms with Gasteiger partial charge in [0.15, 0.2) is 0 Å². The van der Waals surface area contributed by atoms with Crippen LogP contribution >= 0.6 is 0 Å². The minimum Gasteiger partial charge on any atom is -0.338 e. The molecule has 124 valence electrons. The number of rotatable bonds is 6. The molecule has 1 heterocycles. The second kappa shape index (κ2) is 7.64. The van der Waals surface area contributed by atoms with Gasteiger partial charge in [-0.15, -0.1) is 0 Å². The molecule has 3 aromatic rings. The maximum absolute atomic E-state index is 12.0. The highest BCUT2D eigenvalue weighted by Gasteiger charge is 2.08. The number of hydrogen-bond donors (Lipinski definition) is 2. The number of para-hydroxylation sites is 2. The van der Waals surface area contributed by atoms with Gasteiger partial charge >= 0.3 is 6.03 Å². The molecule has 0 unspecified atom stereocenters. The number of urea groups is 1. The fraction of sp³-hybridized carbons (Fsp3) is 0.263. The third kappa shape index (κ3) is 3.93. The van der Waals surface area contributed by atoms with E-state index < -0.39 is 0 Å². The summed E-state index contributed by atoms with van der Waals surface area (Å²) in [6.45, 7) is 3.43. The summed E-state index contributed by atoms with van der Waals surface area (Å²) in [5, 5.41) is 5.86. The van der Waals surface area contributed by atoms with Gasteiger partial charge in [-0.25, -0.2) is 9.78 Å². The predicted molar refractivity (Wildman–Crippen MR) is 95.7 cm³/mol. The van der Waals surface area contributed by atoms with Gasteiger partial charge in [-0.2, -0.15) is 0 Å². The van der Waals surface area contributed by atoms with Crippen molar-refractivity contribution >= 4 is 17.1 Å². The van der Waals surface area contributed by atoms with Crippen LogP contribution in [0.3, 0.4) is 0 Å². The van der Waals surface area contributed by atoms with Gasteiger partial charge in [0.2, 0.25) is 0 Å². The third-order valence-electron chi connectivity index (χ3n) is 4.04. The van der Waals surface area contributed by atoms with Crippen molar-refractivity contribution in [2.24, 2.45) is 0 Å². The highest BCUT2D eigenvalue weighted by molar-refractivity contribution is 5.75. The van der Waals surface area contributed by atoms with Crippen molar-refractivity contribution in [3.8, 4) is 0 Å². The molecule has 24 heavy (non-hydrogen) atoms. The maximum atomic E-state index is 12.0. The summed E-state index contributed by atoms with van der Waals surface area (Å²) in [6.07, 6.45) is 2.70. The lowest BCUT2D eigenvalue weighted by Gasteiger charge is -2.15. The lowest BCUT2D eigenvalue weighted by Crippen LogP contribution is -2.37. The van der Waals surface area contributed by atoms with Crippen LogP contribution in [0.4, 0.5) is 4.79 Å². The highest BCUT2D eigenvalue weighted by Crippen LogP contribution is 2.12. The Morgan fingerprint density at radius 3 is 2.71 bits per heavy atom. The minimum atomic E-state index is -0.137. The number of carbonyl (C=O) groups excluding carboxylic acids is 1. The summed E-state index contributed by atoms with van der Waals surface area (Å²) < 4.78 is 2.11. The summed E-state index contributed by atoms with van der Waals surface area (Å²) in [4.78, 5) is 16.3. The Labute approximate surface area is 141 Å². The average Bonchev–Trinajstić information content (AvgIpc) is 3.03. The van der Waals surface area contributed by atoms with E-state index in [4.69, 9.17) is 0 Å². The van der Waals surface area contributed by atoms with Gasteiger partial charge in [0.1, 0.15) is 0 Å². The first-order valence-corrected chi connectivity index (χ1v) is 8.23. The molecule has 0 saturated heterocycles. The molecule has 5 heteroatoms. The van der Waals surface area contributed by atoms with Crippen LogP contribution in [0, 0.1) is 0 Å². The number of nitrogens with zero attached hydrogens (tertiary/aromatic N) is 2. The van der Waals surface area contributed by atoms with Crippen molar-refractivity contribution in [3.63, 3.8) is 0 Å². The number of aromatic nitrogens is 2. The minimum absolute atomic E-state index is 0.0104. The highest BCUT2D eigenvalue weighted by atomic mass is 16.2. The number of benzene rings is 2. The molecule has 2 N–H and O–H groups in total. The lowest BCUT2D eigenvalue weighted by molar-refractivity contribution is 0.237. The van der Waals surface area contributed by atoms with Gasteiger partial charge in [0, 0.05) is 13.1 Å². The van der Waals surface area contributed by atoms with Gasteiger partial charge < -0.3 is 15.2 Å². The summed E-state index contributed by atoms with van der Waals surface area (Å²) in [5.74, 6) is 0. The van der Waals surface area contributed by atoms with Crippen LogP contribution in [0.25, 0.3) is 11.0 Å². The Morgan fingerprint density at radius 2 is 1.88 bits per heavy atom. The number of hydrogen-bond acceptors (Lipinski definition) is 2. The number of amides is 2. The van der Waals surface area contributed by atoms with Gasteiger partial charge in [-0.3, -0.25) is 0 Å². The number of fused-ring (bicyclic) bond motifs is 1. The molecule has 0 aliphatic rings. The van der Waals surface area contributed by atoms with E-state index in [0.29, 0.717) is 6.54 Å². The van der Waals surface area contributed by atoms with Crippen molar-refractivity contribution in [2.45, 2.75) is 25.9 Å². The molecular formula is C19H22N4O. The van der Waals surface area contributed by atoms with E-state index in [1.165, 1.54) is 0 Å². The number of imidazole rings is 1. The molecule has 0 fully saturated rings. The Morgan fingerprint density at radius 1 is 1.12 bits per heavy atom. The fourth-order valence-electron chi connectivity index (χ4n) is 2.71. The van der Waals surface area contributed by atoms with Crippen molar-refractivity contribution in [3.05, 3.63) is 66.5 Å². The molecule has 1 aromatic heterocycles. The van der Waals surface area contributed by atoms with Gasteiger partial charge in [0.05, 0.1) is 23.4 Å². The van der Waals surface area contributed by atoms with Gasteiger partial charge in [-0.1, -0.05) is 42.5 Å². The molecular weight excluding hydrogens is 300 g/mol. The van der Waals surface area contributed by atoms with Crippen LogP contribution in [0.15, 0.2) is 60.9 Å². The molecule has 0 aliphatic carbocycles. The zero-order valence-electron chi connectivity index (χ0n) is 13.8. The number of carbonyl (C=O) groups is 1. The smallest absolute Gasteiger partial charge is 0.315 e. The van der Waals surface area contributed by atoms with Crippen LogP contribution in [0.2, 0.25) is 0 Å². The zero-order valence-corrected chi connectivity index (χ0v) is 13.8. The van der Waals surface area contributed by atoms with Crippen molar-refractivity contribution in [1.29, 1.82) is 0 Å². The van der Waals surface area contributed by atoms with Crippen LogP contribution in [0.5, 0.6) is 0 Å². The first kappa shape index (κ1) is 16.1. The molecule has 0 spiro atoms. The van der Waals surface area contributed by atoms with Crippen LogP contribution in [-0.2, 0) is 6.54 Å². The quantitative estimate of drug-likeness (QED) is 0.683. The molecule has 0 radical (unpaired) electrons. The summed E-state index contributed by atoms with van der Waals surface area (Å²) in [7, 11) is 0. The van der Waals surface area contributed by atoms with E-state index in [-0.39, 0.29) is 12.1 Å². The normalized spacial score (nSPS) is 12.0. The van der Waals surface area contributed by atoms with E-state index >= 15 is 0 Å². The molecule has 2 aromatic carbocycles. The fourth-order valence-corrected chi connectivity index (χ4v) is 2.71. The standard InChI is InChI=1S/C19H22N4O/c1-15(16-8-3-2-4-9-16)22-19(24)20-12-7-13-23-14-21-17-10-5-6-11-18(17)23/h2-6,8-11,14-15H,7,12-13H2,1H3,(H2,20,22,24)/t15-/m0/s1. The second-order valence-corrected chi connectivity index (χ2v) is 5.81. The number of nitrogens with one attached hydrogen (secondary N) is 2. The monoisotopic (exact) mass is 322 g/mol. The Kier molecular flexibility index (Phi) is 5.11. The summed E-state index contributed by atoms with van der Waals surface area (Å²) >= 11 is 0. The van der Waals surface area contributed by atoms with Crippen molar-refractivity contribution in [2.75, 3.05) is 6.54 Å². The predicted octanol–water partition coefficient (Wildman–Crippen LogP) is 3.49. The molecule has 0 aliphatic heterocycles. The zero-order chi connectivity index (χ0) is 16.8. The largest absolute Gasteiger partial charge is 0.338 e. The Hall–Kier alpha value is -2.82. The second-order valence-electron chi connectivity index (χ2n) is 5.81. The SMILES string of the molecule is C[C@H](NC(=O)NCCCn1cnc2ccccc21)c1ccccc1. The molecule has 2 amide bonds. The van der Waals surface area contributed by atoms with Crippen LogP contribution in [0.1, 0.15) is 24.9 Å². The first-order chi connectivity index (χ1) is 11.7. The molecule has 1 atom stereocenters. The molecule has 0 bridgehead atoms. The van der Waals surface area contributed by atoms with Crippen molar-refractivity contribution < 1.29 is 4.79 Å². The van der Waals surface area contributed by atoms with E-state index in [0.717, 1.165) is 29.6 Å². The average molecular weight is 322 g/mol. The topological polar surface area (TPSA) is 59.0 Å². The first-order valence-electron chi connectivity index (χ1n) is 8.23. The van der Waals surface area contributed by atoms with Gasteiger partial charge in [0.25, 0.3) is 0 Å². The van der Waals surface area contributed by atoms with Crippen molar-refractivity contribution in [1.82, 2.24) is 20.2 Å². The Balaban J connectivity index is 1.42. The number of aryl methyl sites for hydroxylation is 1. The van der Waals surface area contributed by atoms with Crippen LogP contribution in [-0.4, -0.2) is 22.1 Å². The third-order valence-corrected chi connectivity index (χ3v) is 4.04. The molecule has 0 saturated carbocycles. The maximum Gasteiger partial charge on any atom is 0.315 e. The van der Waals surface area contributed by atoms with E-state index in [1.807, 2.05) is 61.8 Å². The summed E-state index contributed by atoms with van der Waals surface area (Å²) in [6, 6.07) is 17.8. The lowest BCUT2D eigenvalue weighted by atomic mass is 10.1. The molecule has 5 nitrogen and oxygen atoms in total. The molecule has 3 rings (SSSR count). The van der Waals surface area contributed by atoms with E-state index in [9.17, 15) is 4.79 Å². The van der Waals surface area contributed by atoms with E-state index in [1.54, 1.807) is 0 Å². The van der Waals surface area contributed by atoms with Crippen LogP contribution < -0.4 is 10.6 Å².